The predicted octanol–water partition coefficient (Wildman–Crippen LogP) is 2.75. The van der Waals surface area contributed by atoms with Crippen molar-refractivity contribution < 1.29 is 9.84 Å². The fraction of sp³-hybridized carbons (Fsp3) is 0.312. The van der Waals surface area contributed by atoms with Gasteiger partial charge in [-0.2, -0.15) is 0 Å². The lowest BCUT2D eigenvalue weighted by molar-refractivity contribution is 0.216. The zero-order chi connectivity index (χ0) is 13.9. The fourth-order valence-corrected chi connectivity index (χ4v) is 2.47. The van der Waals surface area contributed by atoms with E-state index in [0.29, 0.717) is 11.6 Å². The van der Waals surface area contributed by atoms with Crippen LogP contribution in [0, 0.1) is 6.92 Å². The summed E-state index contributed by atoms with van der Waals surface area (Å²) in [4.78, 5) is 6.41. The first kappa shape index (κ1) is 12.8. The van der Waals surface area contributed by atoms with E-state index in [9.17, 15) is 5.11 Å². The molecule has 1 aromatic carbocycles. The van der Waals surface area contributed by atoms with Crippen LogP contribution < -0.4 is 9.64 Å². The van der Waals surface area contributed by atoms with Crippen LogP contribution in [0.4, 0.5) is 5.69 Å². The van der Waals surface area contributed by atoms with Crippen molar-refractivity contribution in [3.05, 3.63) is 48.2 Å². The standard InChI is InChI=1S/C16H18N2O2/c1-12-6-7-16(17-10-12)20-13-8-9-18(11-13)14-4-2-3-5-15(14)19/h2-7,10,13,19H,8-9,11H2,1H3/t13-/m1/s1. The van der Waals surface area contributed by atoms with Crippen LogP contribution in [-0.2, 0) is 0 Å². The Bertz CT molecular complexity index is 583. The van der Waals surface area contributed by atoms with Crippen LogP contribution in [0.1, 0.15) is 12.0 Å². The summed E-state index contributed by atoms with van der Waals surface area (Å²) in [5, 5.41) is 9.88. The number of aromatic hydroxyl groups is 1. The summed E-state index contributed by atoms with van der Waals surface area (Å²) < 4.78 is 5.89. The molecule has 1 aliphatic rings. The first-order chi connectivity index (χ1) is 9.72. The van der Waals surface area contributed by atoms with E-state index in [4.69, 9.17) is 4.74 Å². The minimum Gasteiger partial charge on any atom is -0.506 e. The average molecular weight is 270 g/mol. The fourth-order valence-electron chi connectivity index (χ4n) is 2.47. The monoisotopic (exact) mass is 270 g/mol. The molecule has 1 aliphatic heterocycles. The molecule has 0 spiro atoms. The highest BCUT2D eigenvalue weighted by molar-refractivity contribution is 5.58. The van der Waals surface area contributed by atoms with Crippen LogP contribution in [-0.4, -0.2) is 29.3 Å². The molecule has 0 saturated carbocycles. The lowest BCUT2D eigenvalue weighted by Gasteiger charge is -2.19. The van der Waals surface area contributed by atoms with Crippen molar-refractivity contribution in [1.82, 2.24) is 4.98 Å². The number of phenols is 1. The van der Waals surface area contributed by atoms with Gasteiger partial charge in [0.15, 0.2) is 0 Å². The third-order valence-electron chi connectivity index (χ3n) is 3.54. The number of nitrogens with zero attached hydrogens (tertiary/aromatic N) is 2. The highest BCUT2D eigenvalue weighted by Gasteiger charge is 2.25. The zero-order valence-electron chi connectivity index (χ0n) is 11.5. The van der Waals surface area contributed by atoms with Gasteiger partial charge in [-0.1, -0.05) is 18.2 Å². The summed E-state index contributed by atoms with van der Waals surface area (Å²) in [6.07, 6.45) is 2.86. The van der Waals surface area contributed by atoms with E-state index in [2.05, 4.69) is 9.88 Å². The first-order valence-corrected chi connectivity index (χ1v) is 6.84. The second-order valence-corrected chi connectivity index (χ2v) is 5.14. The molecule has 1 atom stereocenters. The van der Waals surface area contributed by atoms with Crippen molar-refractivity contribution in [3.8, 4) is 11.6 Å². The highest BCUT2D eigenvalue weighted by Crippen LogP contribution is 2.30. The number of anilines is 1. The Kier molecular flexibility index (Phi) is 3.46. The molecule has 1 aromatic heterocycles. The second kappa shape index (κ2) is 5.41. The molecule has 0 amide bonds. The van der Waals surface area contributed by atoms with Gasteiger partial charge in [-0.05, 0) is 24.6 Å². The average Bonchev–Trinajstić information content (AvgIpc) is 2.90. The number of ether oxygens (including phenoxy) is 1. The van der Waals surface area contributed by atoms with E-state index in [1.165, 1.54) is 0 Å². The van der Waals surface area contributed by atoms with E-state index in [1.54, 1.807) is 6.07 Å². The Balaban J connectivity index is 1.65. The Morgan fingerprint density at radius 1 is 1.25 bits per heavy atom. The maximum absolute atomic E-state index is 9.88. The van der Waals surface area contributed by atoms with Crippen molar-refractivity contribution in [1.29, 1.82) is 0 Å². The molecule has 2 heterocycles. The molecule has 0 bridgehead atoms. The van der Waals surface area contributed by atoms with Gasteiger partial charge in [-0.25, -0.2) is 4.98 Å². The normalized spacial score (nSPS) is 18.2. The largest absolute Gasteiger partial charge is 0.506 e. The maximum atomic E-state index is 9.88. The van der Waals surface area contributed by atoms with E-state index >= 15 is 0 Å². The van der Waals surface area contributed by atoms with E-state index < -0.39 is 0 Å². The summed E-state index contributed by atoms with van der Waals surface area (Å²) >= 11 is 0. The number of benzene rings is 1. The van der Waals surface area contributed by atoms with Gasteiger partial charge < -0.3 is 14.7 Å². The van der Waals surface area contributed by atoms with Crippen molar-refractivity contribution >= 4 is 5.69 Å². The molecule has 4 nitrogen and oxygen atoms in total. The predicted molar refractivity (Wildman–Crippen MR) is 78.3 cm³/mol. The third-order valence-corrected chi connectivity index (χ3v) is 3.54. The molecule has 104 valence electrons. The Labute approximate surface area is 118 Å². The Hall–Kier alpha value is -2.23. The zero-order valence-corrected chi connectivity index (χ0v) is 11.5. The summed E-state index contributed by atoms with van der Waals surface area (Å²) in [7, 11) is 0. The lowest BCUT2D eigenvalue weighted by Crippen LogP contribution is -2.24. The first-order valence-electron chi connectivity index (χ1n) is 6.84. The molecule has 1 saturated heterocycles. The molecule has 0 unspecified atom stereocenters. The topological polar surface area (TPSA) is 45.6 Å². The molecule has 0 radical (unpaired) electrons. The van der Waals surface area contributed by atoms with Crippen LogP contribution in [0.3, 0.4) is 0 Å². The van der Waals surface area contributed by atoms with Gasteiger partial charge in [0.1, 0.15) is 11.9 Å². The maximum Gasteiger partial charge on any atom is 0.213 e. The Morgan fingerprint density at radius 3 is 2.85 bits per heavy atom. The molecule has 20 heavy (non-hydrogen) atoms. The molecular formula is C16H18N2O2. The summed E-state index contributed by atoms with van der Waals surface area (Å²) in [6.45, 7) is 3.66. The van der Waals surface area contributed by atoms with Crippen molar-refractivity contribution in [2.75, 3.05) is 18.0 Å². The van der Waals surface area contributed by atoms with Crippen LogP contribution in [0.15, 0.2) is 42.6 Å². The van der Waals surface area contributed by atoms with E-state index in [-0.39, 0.29) is 6.10 Å². The summed E-state index contributed by atoms with van der Waals surface area (Å²) in [5.41, 5.74) is 2.00. The SMILES string of the molecule is Cc1ccc(O[C@@H]2CCN(c3ccccc3O)C2)nc1. The quantitative estimate of drug-likeness (QED) is 0.931. The van der Waals surface area contributed by atoms with Gasteiger partial charge in [0.05, 0.1) is 12.2 Å². The number of hydrogen-bond donors (Lipinski definition) is 1. The van der Waals surface area contributed by atoms with Crippen molar-refractivity contribution in [2.24, 2.45) is 0 Å². The number of aryl methyl sites for hydroxylation is 1. The number of rotatable bonds is 3. The van der Waals surface area contributed by atoms with Gasteiger partial charge in [0.25, 0.3) is 0 Å². The second-order valence-electron chi connectivity index (χ2n) is 5.14. The van der Waals surface area contributed by atoms with E-state index in [1.807, 2.05) is 43.5 Å². The van der Waals surface area contributed by atoms with Gasteiger partial charge >= 0.3 is 0 Å². The van der Waals surface area contributed by atoms with E-state index in [0.717, 1.165) is 30.8 Å². The molecule has 3 rings (SSSR count). The number of pyridine rings is 1. The molecule has 1 N–H and O–H groups in total. The number of hydrogen-bond acceptors (Lipinski definition) is 4. The number of para-hydroxylation sites is 2. The molecule has 1 fully saturated rings. The minimum atomic E-state index is 0.116. The minimum absolute atomic E-state index is 0.116. The lowest BCUT2D eigenvalue weighted by atomic mass is 10.3. The van der Waals surface area contributed by atoms with Gasteiger partial charge in [-0.3, -0.25) is 0 Å². The highest BCUT2D eigenvalue weighted by atomic mass is 16.5. The molecule has 0 aliphatic carbocycles. The summed E-state index contributed by atoms with van der Waals surface area (Å²) in [6, 6.07) is 11.3. The van der Waals surface area contributed by atoms with Gasteiger partial charge in [-0.15, -0.1) is 0 Å². The van der Waals surface area contributed by atoms with Crippen LogP contribution in [0.2, 0.25) is 0 Å². The third kappa shape index (κ3) is 2.69. The van der Waals surface area contributed by atoms with Gasteiger partial charge in [0, 0.05) is 25.2 Å². The Morgan fingerprint density at radius 2 is 2.10 bits per heavy atom. The number of phenolic OH excluding ortho intramolecular Hbond substituents is 1. The van der Waals surface area contributed by atoms with Crippen LogP contribution in [0.5, 0.6) is 11.6 Å². The molecule has 2 aromatic rings. The van der Waals surface area contributed by atoms with Crippen LogP contribution in [0.25, 0.3) is 0 Å². The van der Waals surface area contributed by atoms with Gasteiger partial charge in [0.2, 0.25) is 5.88 Å². The summed E-state index contributed by atoms with van der Waals surface area (Å²) in [5.74, 6) is 0.987. The van der Waals surface area contributed by atoms with Crippen molar-refractivity contribution in [2.45, 2.75) is 19.4 Å². The van der Waals surface area contributed by atoms with Crippen molar-refractivity contribution in [3.63, 3.8) is 0 Å². The molecule has 4 heteroatoms. The van der Waals surface area contributed by atoms with Crippen LogP contribution >= 0.6 is 0 Å². The molecular weight excluding hydrogens is 252 g/mol. The smallest absolute Gasteiger partial charge is 0.213 e. The number of aromatic nitrogens is 1.